The van der Waals surface area contributed by atoms with Crippen molar-refractivity contribution in [2.24, 2.45) is 0 Å². The van der Waals surface area contributed by atoms with Crippen molar-refractivity contribution >= 4 is 31.5 Å². The van der Waals surface area contributed by atoms with Crippen molar-refractivity contribution < 1.29 is 4.43 Å². The summed E-state index contributed by atoms with van der Waals surface area (Å²) >= 11 is 3.38. The van der Waals surface area contributed by atoms with Crippen molar-refractivity contribution in [2.75, 3.05) is 0 Å². The minimum Gasteiger partial charge on any atom is -0.543 e. The lowest BCUT2D eigenvalue weighted by Gasteiger charge is -2.02. The Balaban J connectivity index is 2.75. The highest BCUT2D eigenvalue weighted by Crippen LogP contribution is 2.14. The molecule has 0 fully saturated rings. The number of aryl methyl sites for hydroxylation is 1. The average Bonchev–Trinajstić information content (AvgIpc) is 2.07. The molecule has 0 saturated heterocycles. The summed E-state index contributed by atoms with van der Waals surface area (Å²) in [4.78, 5) is 4.18. The molecule has 0 aliphatic carbocycles. The van der Waals surface area contributed by atoms with Gasteiger partial charge in [-0.25, -0.2) is 0 Å². The Bertz CT molecular complexity index is 290. The first-order chi connectivity index (χ1) is 5.74. The minimum atomic E-state index is 0.276. The van der Waals surface area contributed by atoms with Crippen LogP contribution in [-0.2, 0) is 11.0 Å². The van der Waals surface area contributed by atoms with Crippen molar-refractivity contribution in [3.05, 3.63) is 28.0 Å². The predicted octanol–water partition coefficient (Wildman–Crippen LogP) is 1.72. The molecule has 1 aromatic heterocycles. The third-order valence-electron chi connectivity index (χ3n) is 1.43. The molecule has 12 heavy (non-hydrogen) atoms. The Morgan fingerprint density at radius 3 is 3.08 bits per heavy atom. The number of hydrogen-bond donors (Lipinski definition) is 0. The van der Waals surface area contributed by atoms with Crippen LogP contribution in [0.25, 0.3) is 0 Å². The van der Waals surface area contributed by atoms with Crippen LogP contribution in [0.2, 0.25) is 0 Å². The number of pyridine rings is 1. The molecule has 1 aromatic rings. The summed E-state index contributed by atoms with van der Waals surface area (Å²) in [6.07, 6.45) is 5.40. The van der Waals surface area contributed by atoms with E-state index in [1.165, 1.54) is 5.56 Å². The van der Waals surface area contributed by atoms with Gasteiger partial charge in [-0.2, -0.15) is 0 Å². The minimum absolute atomic E-state index is 0.276. The van der Waals surface area contributed by atoms with E-state index in [4.69, 9.17) is 4.43 Å². The quantitative estimate of drug-likeness (QED) is 0.754. The number of nitrogens with zero attached hydrogens (tertiary/aromatic N) is 1. The maximum Gasteiger partial charge on any atom is 0.273 e. The van der Waals surface area contributed by atoms with Gasteiger partial charge in [-0.1, -0.05) is 6.17 Å². The molecule has 0 spiro atoms. The number of aromatic nitrogens is 1. The highest BCUT2D eigenvalue weighted by atomic mass is 79.9. The van der Waals surface area contributed by atoms with Gasteiger partial charge < -0.3 is 4.43 Å². The molecule has 0 N–H and O–H groups in total. The maximum absolute atomic E-state index is 5.15. The molecule has 63 valence electrons. The molecule has 1 radical (unpaired) electrons. The van der Waals surface area contributed by atoms with Gasteiger partial charge in [0.25, 0.3) is 9.38 Å². The van der Waals surface area contributed by atoms with Gasteiger partial charge in [0.05, 0.1) is 5.69 Å². The standard InChI is InChI=1S/C8H9BrNOSi/c1-6-3-7(5-11-12-2)10-4-8(6)9/h3-4H,2,5H2,1H3. The normalized spacial score (nSPS) is 9.50. The molecule has 4 heteroatoms. The van der Waals surface area contributed by atoms with Crippen LogP contribution >= 0.6 is 15.9 Å². The van der Waals surface area contributed by atoms with Crippen LogP contribution in [0.4, 0.5) is 0 Å². The van der Waals surface area contributed by atoms with Crippen LogP contribution in [0.1, 0.15) is 11.3 Å². The lowest BCUT2D eigenvalue weighted by atomic mass is 10.2. The molecule has 0 atom stereocenters. The summed E-state index contributed by atoms with van der Waals surface area (Å²) in [5.41, 5.74) is 2.13. The number of hydrogen-bond acceptors (Lipinski definition) is 2. The molecule has 0 unspecified atom stereocenters. The van der Waals surface area contributed by atoms with Gasteiger partial charge in [0.15, 0.2) is 0 Å². The molecule has 1 rings (SSSR count). The van der Waals surface area contributed by atoms with Crippen molar-refractivity contribution in [1.82, 2.24) is 4.98 Å². The molecule has 0 aromatic carbocycles. The zero-order valence-electron chi connectivity index (χ0n) is 6.80. The van der Waals surface area contributed by atoms with Crippen molar-refractivity contribution in [3.63, 3.8) is 0 Å². The van der Waals surface area contributed by atoms with Crippen molar-refractivity contribution in [1.29, 1.82) is 0 Å². The number of halogens is 1. The van der Waals surface area contributed by atoms with E-state index in [0.29, 0.717) is 6.61 Å². The van der Waals surface area contributed by atoms with Crippen LogP contribution in [0, 0.1) is 6.92 Å². The van der Waals surface area contributed by atoms with E-state index in [9.17, 15) is 0 Å². The van der Waals surface area contributed by atoms with Crippen LogP contribution in [-0.4, -0.2) is 20.5 Å². The van der Waals surface area contributed by atoms with Crippen LogP contribution in [0.3, 0.4) is 0 Å². The molecule has 0 saturated carbocycles. The first kappa shape index (κ1) is 9.60. The molecule has 1 heterocycles. The molecular weight excluding hydrogens is 234 g/mol. The van der Waals surface area contributed by atoms with Crippen LogP contribution in [0.15, 0.2) is 16.7 Å². The molecule has 0 amide bonds. The fraction of sp³-hybridized carbons (Fsp3) is 0.250. The van der Waals surface area contributed by atoms with Gasteiger partial charge in [-0.3, -0.25) is 4.98 Å². The van der Waals surface area contributed by atoms with Gasteiger partial charge in [0, 0.05) is 10.7 Å². The van der Waals surface area contributed by atoms with Gasteiger partial charge in [0.1, 0.15) is 6.61 Å². The molecule has 2 nitrogen and oxygen atoms in total. The third kappa shape index (κ3) is 2.53. The Morgan fingerprint density at radius 1 is 1.75 bits per heavy atom. The molecule has 0 aliphatic rings. The Morgan fingerprint density at radius 2 is 2.50 bits per heavy atom. The first-order valence-corrected chi connectivity index (χ1v) is 5.40. The summed E-state index contributed by atoms with van der Waals surface area (Å²) in [6.45, 7) is 2.58. The van der Waals surface area contributed by atoms with Crippen molar-refractivity contribution in [2.45, 2.75) is 13.5 Å². The maximum atomic E-state index is 5.15. The zero-order valence-corrected chi connectivity index (χ0v) is 9.39. The summed E-state index contributed by atoms with van der Waals surface area (Å²) in [5, 5.41) is 0. The lowest BCUT2D eigenvalue weighted by molar-refractivity contribution is 0.330. The predicted molar refractivity (Wildman–Crippen MR) is 54.3 cm³/mol. The van der Waals surface area contributed by atoms with E-state index in [1.807, 2.05) is 13.0 Å². The SMILES string of the molecule is C=[Si]OCc1cc(C)c(Br)cn1. The molecule has 0 bridgehead atoms. The van der Waals surface area contributed by atoms with E-state index < -0.39 is 0 Å². The van der Waals surface area contributed by atoms with E-state index in [0.717, 1.165) is 10.2 Å². The summed E-state index contributed by atoms with van der Waals surface area (Å²) in [5.74, 6) is 0. The monoisotopic (exact) mass is 242 g/mol. The lowest BCUT2D eigenvalue weighted by Crippen LogP contribution is -1.95. The largest absolute Gasteiger partial charge is 0.543 e. The highest BCUT2D eigenvalue weighted by molar-refractivity contribution is 9.10. The highest BCUT2D eigenvalue weighted by Gasteiger charge is 1.97. The van der Waals surface area contributed by atoms with E-state index >= 15 is 0 Å². The summed E-state index contributed by atoms with van der Waals surface area (Å²) in [7, 11) is 0.276. The molecular formula is C8H9BrNOSi. The smallest absolute Gasteiger partial charge is 0.273 e. The second kappa shape index (κ2) is 4.52. The van der Waals surface area contributed by atoms with Gasteiger partial charge in [-0.15, -0.1) is 0 Å². The second-order valence-corrected chi connectivity index (χ2v) is 3.79. The second-order valence-electron chi connectivity index (χ2n) is 2.36. The van der Waals surface area contributed by atoms with Crippen LogP contribution < -0.4 is 0 Å². The average molecular weight is 243 g/mol. The Hall–Kier alpha value is -0.483. The topological polar surface area (TPSA) is 22.1 Å². The van der Waals surface area contributed by atoms with Crippen molar-refractivity contribution in [3.8, 4) is 0 Å². The third-order valence-corrected chi connectivity index (χ3v) is 2.60. The van der Waals surface area contributed by atoms with Gasteiger partial charge in [-0.05, 0) is 34.5 Å². The van der Waals surface area contributed by atoms with E-state index in [1.54, 1.807) is 6.20 Å². The van der Waals surface area contributed by atoms with Gasteiger partial charge >= 0.3 is 0 Å². The van der Waals surface area contributed by atoms with E-state index in [-0.39, 0.29) is 9.38 Å². The van der Waals surface area contributed by atoms with E-state index in [2.05, 4.69) is 27.1 Å². The fourth-order valence-corrected chi connectivity index (χ4v) is 1.27. The van der Waals surface area contributed by atoms with Crippen LogP contribution in [0.5, 0.6) is 0 Å². The Kier molecular flexibility index (Phi) is 3.62. The first-order valence-electron chi connectivity index (χ1n) is 3.49. The van der Waals surface area contributed by atoms with Gasteiger partial charge in [0.2, 0.25) is 0 Å². The summed E-state index contributed by atoms with van der Waals surface area (Å²) in [6, 6.07) is 2.00. The Labute approximate surface area is 82.7 Å². The fourth-order valence-electron chi connectivity index (χ4n) is 0.801. The summed E-state index contributed by atoms with van der Waals surface area (Å²) < 4.78 is 6.18. The zero-order chi connectivity index (χ0) is 8.97. The molecule has 0 aliphatic heterocycles. The number of rotatable bonds is 3.